The van der Waals surface area contributed by atoms with Gasteiger partial charge in [0.2, 0.25) is 0 Å². The molecule has 0 radical (unpaired) electrons. The summed E-state index contributed by atoms with van der Waals surface area (Å²) in [6.07, 6.45) is 3.40. The van der Waals surface area contributed by atoms with Gasteiger partial charge in [0.05, 0.1) is 25.5 Å². The third-order valence-electron chi connectivity index (χ3n) is 3.64. The van der Waals surface area contributed by atoms with Crippen LogP contribution in [0.15, 0.2) is 12.1 Å². The van der Waals surface area contributed by atoms with Crippen LogP contribution in [0.3, 0.4) is 0 Å². The lowest BCUT2D eigenvalue weighted by Crippen LogP contribution is -2.30. The van der Waals surface area contributed by atoms with Gasteiger partial charge in [-0.25, -0.2) is 4.79 Å². The molecule has 1 aromatic carbocycles. The van der Waals surface area contributed by atoms with Gasteiger partial charge in [0.15, 0.2) is 0 Å². The average Bonchev–Trinajstić information content (AvgIpc) is 2.53. The molecule has 0 unspecified atom stereocenters. The maximum atomic E-state index is 11.7. The number of hydrogen-bond donors (Lipinski definition) is 1. The fraction of sp³-hybridized carbons (Fsp3) is 0.467. The number of anilines is 1. The number of carboxylic acids is 1. The number of carbonyl (C=O) groups is 2. The van der Waals surface area contributed by atoms with Crippen molar-refractivity contribution in [2.75, 3.05) is 32.2 Å². The molecule has 6 nitrogen and oxygen atoms in total. The number of aliphatic carboxylic acids is 1. The van der Waals surface area contributed by atoms with Crippen molar-refractivity contribution in [3.05, 3.63) is 17.7 Å². The first-order valence-corrected chi connectivity index (χ1v) is 6.87. The Morgan fingerprint density at radius 2 is 1.67 bits per heavy atom. The number of ether oxygens (including phenoxy) is 2. The Bertz CT molecular complexity index is 549. The van der Waals surface area contributed by atoms with E-state index in [1.807, 2.05) is 0 Å². The maximum absolute atomic E-state index is 11.7. The van der Waals surface area contributed by atoms with Gasteiger partial charge in [0.1, 0.15) is 11.5 Å². The summed E-state index contributed by atoms with van der Waals surface area (Å²) < 4.78 is 10.5. The molecule has 1 aliphatic heterocycles. The highest BCUT2D eigenvalue weighted by atomic mass is 16.5. The Morgan fingerprint density at radius 1 is 1.05 bits per heavy atom. The summed E-state index contributed by atoms with van der Waals surface area (Å²) in [6.45, 7) is 1.82. The first-order valence-electron chi connectivity index (χ1n) is 6.87. The molecule has 1 N–H and O–H groups in total. The van der Waals surface area contributed by atoms with E-state index in [-0.39, 0.29) is 11.3 Å². The van der Waals surface area contributed by atoms with Crippen molar-refractivity contribution in [3.8, 4) is 11.5 Å². The van der Waals surface area contributed by atoms with E-state index in [0.29, 0.717) is 5.75 Å². The SMILES string of the molecule is COc1cc(N2CCCCC2)c(OC)cc1C(=O)C(=O)O. The second-order valence-corrected chi connectivity index (χ2v) is 4.91. The summed E-state index contributed by atoms with van der Waals surface area (Å²) in [5.74, 6) is -1.78. The van der Waals surface area contributed by atoms with E-state index >= 15 is 0 Å². The van der Waals surface area contributed by atoms with Gasteiger partial charge in [-0.2, -0.15) is 0 Å². The first-order chi connectivity index (χ1) is 10.1. The van der Waals surface area contributed by atoms with Crippen LogP contribution in [0.4, 0.5) is 5.69 Å². The Hall–Kier alpha value is -2.24. The van der Waals surface area contributed by atoms with Crippen LogP contribution in [-0.4, -0.2) is 44.2 Å². The van der Waals surface area contributed by atoms with Crippen molar-refractivity contribution in [1.29, 1.82) is 0 Å². The zero-order valence-electron chi connectivity index (χ0n) is 12.2. The van der Waals surface area contributed by atoms with Crippen molar-refractivity contribution in [2.24, 2.45) is 0 Å². The number of carbonyl (C=O) groups excluding carboxylic acids is 1. The third kappa shape index (κ3) is 3.09. The smallest absolute Gasteiger partial charge is 0.377 e. The molecule has 1 aromatic rings. The number of hydrogen-bond acceptors (Lipinski definition) is 5. The fourth-order valence-electron chi connectivity index (χ4n) is 2.56. The van der Waals surface area contributed by atoms with Crippen LogP contribution < -0.4 is 14.4 Å². The molecule has 1 aliphatic rings. The summed E-state index contributed by atoms with van der Waals surface area (Å²) in [6, 6.07) is 3.12. The molecule has 0 atom stereocenters. The van der Waals surface area contributed by atoms with Gasteiger partial charge in [0, 0.05) is 19.2 Å². The Balaban J connectivity index is 2.47. The molecule has 0 spiro atoms. The van der Waals surface area contributed by atoms with Crippen molar-refractivity contribution in [1.82, 2.24) is 0 Å². The van der Waals surface area contributed by atoms with Gasteiger partial charge < -0.3 is 19.5 Å². The highest BCUT2D eigenvalue weighted by Gasteiger charge is 2.24. The third-order valence-corrected chi connectivity index (χ3v) is 3.64. The van der Waals surface area contributed by atoms with E-state index < -0.39 is 11.8 Å². The average molecular weight is 293 g/mol. The second kappa shape index (κ2) is 6.47. The lowest BCUT2D eigenvalue weighted by Gasteiger charge is -2.30. The lowest BCUT2D eigenvalue weighted by atomic mass is 10.1. The molecule has 0 amide bonds. The molecule has 21 heavy (non-hydrogen) atoms. The van der Waals surface area contributed by atoms with Crippen LogP contribution in [0.25, 0.3) is 0 Å². The van der Waals surface area contributed by atoms with E-state index in [1.165, 1.54) is 26.7 Å². The van der Waals surface area contributed by atoms with Crippen LogP contribution in [0, 0.1) is 0 Å². The lowest BCUT2D eigenvalue weighted by molar-refractivity contribution is -0.131. The van der Waals surface area contributed by atoms with Crippen molar-refractivity contribution >= 4 is 17.4 Å². The zero-order chi connectivity index (χ0) is 15.4. The molecule has 0 saturated carbocycles. The van der Waals surface area contributed by atoms with Crippen LogP contribution in [0.5, 0.6) is 11.5 Å². The van der Waals surface area contributed by atoms with E-state index in [4.69, 9.17) is 14.6 Å². The second-order valence-electron chi connectivity index (χ2n) is 4.91. The van der Waals surface area contributed by atoms with E-state index in [0.717, 1.165) is 31.6 Å². The van der Waals surface area contributed by atoms with Crippen molar-refractivity contribution in [2.45, 2.75) is 19.3 Å². The number of rotatable bonds is 5. The monoisotopic (exact) mass is 293 g/mol. The predicted molar refractivity (Wildman–Crippen MR) is 77.6 cm³/mol. The number of benzene rings is 1. The molecular weight excluding hydrogens is 274 g/mol. The van der Waals surface area contributed by atoms with Crippen molar-refractivity contribution < 1.29 is 24.2 Å². The zero-order valence-corrected chi connectivity index (χ0v) is 12.2. The molecule has 6 heteroatoms. The van der Waals surface area contributed by atoms with Gasteiger partial charge in [0.25, 0.3) is 5.78 Å². The molecule has 0 aliphatic carbocycles. The van der Waals surface area contributed by atoms with Gasteiger partial charge in [-0.1, -0.05) is 0 Å². The topological polar surface area (TPSA) is 76.1 Å². The molecule has 0 aromatic heterocycles. The molecule has 1 fully saturated rings. The number of methoxy groups -OCH3 is 2. The predicted octanol–water partition coefficient (Wildman–Crippen LogP) is 1.96. The van der Waals surface area contributed by atoms with Gasteiger partial charge in [-0.05, 0) is 25.3 Å². The number of Topliss-reactive ketones (excluding diaryl/α,β-unsaturated/α-hetero) is 1. The fourth-order valence-corrected chi connectivity index (χ4v) is 2.56. The minimum Gasteiger partial charge on any atom is -0.496 e. The molecule has 2 rings (SSSR count). The highest BCUT2D eigenvalue weighted by Crippen LogP contribution is 2.37. The summed E-state index contributed by atoms with van der Waals surface area (Å²) >= 11 is 0. The van der Waals surface area contributed by atoms with Crippen molar-refractivity contribution in [3.63, 3.8) is 0 Å². The number of carboxylic acid groups (broad SMARTS) is 1. The van der Waals surface area contributed by atoms with Crippen LogP contribution in [0.1, 0.15) is 29.6 Å². The van der Waals surface area contributed by atoms with E-state index in [1.54, 1.807) is 6.07 Å². The van der Waals surface area contributed by atoms with Gasteiger partial charge in [-0.3, -0.25) is 4.79 Å². The Morgan fingerprint density at radius 3 is 2.19 bits per heavy atom. The minimum atomic E-state index is -1.51. The Labute approximate surface area is 123 Å². The molecule has 1 heterocycles. The normalized spacial score (nSPS) is 14.7. The number of nitrogens with zero attached hydrogens (tertiary/aromatic N) is 1. The van der Waals surface area contributed by atoms with E-state index in [9.17, 15) is 9.59 Å². The Kier molecular flexibility index (Phi) is 4.67. The number of ketones is 1. The summed E-state index contributed by atoms with van der Waals surface area (Å²) in [4.78, 5) is 24.8. The highest BCUT2D eigenvalue weighted by molar-refractivity contribution is 6.40. The molecule has 114 valence electrons. The maximum Gasteiger partial charge on any atom is 0.377 e. The first kappa shape index (κ1) is 15.2. The molecule has 1 saturated heterocycles. The number of piperidine rings is 1. The summed E-state index contributed by atoms with van der Waals surface area (Å²) in [7, 11) is 2.92. The van der Waals surface area contributed by atoms with Crippen LogP contribution in [0.2, 0.25) is 0 Å². The molecular formula is C15H19NO5. The summed E-state index contributed by atoms with van der Waals surface area (Å²) in [5.41, 5.74) is 0.832. The largest absolute Gasteiger partial charge is 0.496 e. The van der Waals surface area contributed by atoms with E-state index in [2.05, 4.69) is 4.90 Å². The molecule has 0 bridgehead atoms. The quantitative estimate of drug-likeness (QED) is 0.660. The minimum absolute atomic E-state index is 0.00242. The van der Waals surface area contributed by atoms with Crippen LogP contribution >= 0.6 is 0 Å². The van der Waals surface area contributed by atoms with Gasteiger partial charge >= 0.3 is 5.97 Å². The standard InChI is InChI=1S/C15H19NO5/c1-20-12-9-11(16-6-4-3-5-7-16)13(21-2)8-10(12)14(17)15(18)19/h8-9H,3-7H2,1-2H3,(H,18,19). The summed E-state index contributed by atoms with van der Waals surface area (Å²) in [5, 5.41) is 8.88. The van der Waals surface area contributed by atoms with Crippen LogP contribution in [-0.2, 0) is 4.79 Å². The van der Waals surface area contributed by atoms with Gasteiger partial charge in [-0.15, -0.1) is 0 Å².